The number of aromatic carboxylic acids is 1. The lowest BCUT2D eigenvalue weighted by molar-refractivity contribution is 0.0697. The number of nitrogens with one attached hydrogen (secondary N) is 1. The van der Waals surface area contributed by atoms with Crippen LogP contribution in [0.2, 0.25) is 0 Å². The van der Waals surface area contributed by atoms with Gasteiger partial charge in [-0.25, -0.2) is 14.8 Å². The predicted octanol–water partition coefficient (Wildman–Crippen LogP) is 4.01. The Hall–Kier alpha value is -3.87. The van der Waals surface area contributed by atoms with E-state index in [4.69, 9.17) is 4.74 Å². The largest absolute Gasteiger partial charge is 0.507 e. The van der Waals surface area contributed by atoms with E-state index in [1.165, 1.54) is 6.07 Å². The third kappa shape index (κ3) is 2.92. The number of nitrogens with zero attached hydrogens (tertiary/aromatic N) is 2. The maximum atomic E-state index is 11.3. The fourth-order valence-electron chi connectivity index (χ4n) is 3.20. The Morgan fingerprint density at radius 2 is 1.96 bits per heavy atom. The molecule has 0 aliphatic carbocycles. The van der Waals surface area contributed by atoms with Gasteiger partial charge in [-0.3, -0.25) is 0 Å². The minimum absolute atomic E-state index is 0.0572. The number of rotatable bonds is 4. The molecule has 28 heavy (non-hydrogen) atoms. The van der Waals surface area contributed by atoms with E-state index in [1.54, 1.807) is 37.6 Å². The highest BCUT2D eigenvalue weighted by molar-refractivity contribution is 5.94. The van der Waals surface area contributed by atoms with E-state index in [-0.39, 0.29) is 11.3 Å². The molecule has 140 valence electrons. The standard InChI is InChI=1S/C21H17N3O4/c1-11-8-13(21(26)27)10-16-18(11)24-19(23-16)15-9-12(5-6-17(15)25)14-4-3-7-22-20(14)28-2/h3-10,25H,1-2H3,(H,23,24)(H,26,27). The Labute approximate surface area is 160 Å². The van der Waals surface area contributed by atoms with Gasteiger partial charge in [0, 0.05) is 11.8 Å². The van der Waals surface area contributed by atoms with E-state index in [1.807, 2.05) is 19.1 Å². The lowest BCUT2D eigenvalue weighted by atomic mass is 10.0. The van der Waals surface area contributed by atoms with Crippen LogP contribution in [0.15, 0.2) is 48.7 Å². The van der Waals surface area contributed by atoms with Gasteiger partial charge in [-0.2, -0.15) is 0 Å². The molecule has 4 rings (SSSR count). The summed E-state index contributed by atoms with van der Waals surface area (Å²) in [6, 6.07) is 11.9. The first-order valence-corrected chi connectivity index (χ1v) is 8.54. The van der Waals surface area contributed by atoms with Gasteiger partial charge in [0.1, 0.15) is 11.6 Å². The highest BCUT2D eigenvalue weighted by Gasteiger charge is 2.16. The van der Waals surface area contributed by atoms with Gasteiger partial charge in [-0.1, -0.05) is 6.07 Å². The van der Waals surface area contributed by atoms with Crippen molar-refractivity contribution in [1.29, 1.82) is 0 Å². The second-order valence-electron chi connectivity index (χ2n) is 6.37. The van der Waals surface area contributed by atoms with Gasteiger partial charge in [0.15, 0.2) is 0 Å². The first-order chi connectivity index (χ1) is 13.5. The van der Waals surface area contributed by atoms with Crippen molar-refractivity contribution in [3.05, 3.63) is 59.8 Å². The number of fused-ring (bicyclic) bond motifs is 1. The maximum absolute atomic E-state index is 11.3. The van der Waals surface area contributed by atoms with Crippen LogP contribution >= 0.6 is 0 Å². The van der Waals surface area contributed by atoms with E-state index in [0.717, 1.165) is 22.2 Å². The number of ether oxygens (including phenoxy) is 1. The van der Waals surface area contributed by atoms with Gasteiger partial charge < -0.3 is 19.9 Å². The predicted molar refractivity (Wildman–Crippen MR) is 105 cm³/mol. The number of H-pyrrole nitrogens is 1. The zero-order valence-electron chi connectivity index (χ0n) is 15.2. The Bertz CT molecular complexity index is 1210. The van der Waals surface area contributed by atoms with E-state index in [0.29, 0.717) is 22.8 Å². The first-order valence-electron chi connectivity index (χ1n) is 8.54. The number of phenolic OH excluding ortho intramolecular Hbond substituents is 1. The Kier molecular flexibility index (Phi) is 4.19. The molecule has 0 unspecified atom stereocenters. The van der Waals surface area contributed by atoms with Gasteiger partial charge in [0.2, 0.25) is 5.88 Å². The number of carbonyl (C=O) groups is 1. The van der Waals surface area contributed by atoms with Crippen LogP contribution in [0, 0.1) is 6.92 Å². The molecule has 0 spiro atoms. The molecule has 0 radical (unpaired) electrons. The van der Waals surface area contributed by atoms with Crippen molar-refractivity contribution in [2.75, 3.05) is 7.11 Å². The summed E-state index contributed by atoms with van der Waals surface area (Å²) in [7, 11) is 1.55. The lowest BCUT2D eigenvalue weighted by Gasteiger charge is -2.09. The summed E-state index contributed by atoms with van der Waals surface area (Å²) < 4.78 is 5.32. The number of benzene rings is 2. The molecule has 0 bridgehead atoms. The van der Waals surface area contributed by atoms with Crippen LogP contribution in [0.3, 0.4) is 0 Å². The quantitative estimate of drug-likeness (QED) is 0.497. The van der Waals surface area contributed by atoms with Crippen molar-refractivity contribution in [3.8, 4) is 34.1 Å². The van der Waals surface area contributed by atoms with Crippen LogP contribution in [0.5, 0.6) is 11.6 Å². The topological polar surface area (TPSA) is 108 Å². The second kappa shape index (κ2) is 6.70. The number of aromatic hydroxyl groups is 1. The van der Waals surface area contributed by atoms with Crippen LogP contribution in [0.4, 0.5) is 0 Å². The molecule has 0 aliphatic rings. The summed E-state index contributed by atoms with van der Waals surface area (Å²) in [6.07, 6.45) is 1.64. The smallest absolute Gasteiger partial charge is 0.335 e. The first kappa shape index (κ1) is 17.5. The number of carboxylic acids is 1. The average Bonchev–Trinajstić information content (AvgIpc) is 3.13. The van der Waals surface area contributed by atoms with Crippen molar-refractivity contribution >= 4 is 17.0 Å². The zero-order valence-corrected chi connectivity index (χ0v) is 15.2. The molecular formula is C21H17N3O4. The number of hydrogen-bond donors (Lipinski definition) is 3. The molecule has 0 saturated carbocycles. The van der Waals surface area contributed by atoms with E-state index < -0.39 is 5.97 Å². The van der Waals surface area contributed by atoms with E-state index in [2.05, 4.69) is 15.0 Å². The summed E-state index contributed by atoms with van der Waals surface area (Å²) in [5.41, 5.74) is 4.27. The summed E-state index contributed by atoms with van der Waals surface area (Å²) in [4.78, 5) is 23.2. The van der Waals surface area contributed by atoms with Crippen LogP contribution < -0.4 is 4.74 Å². The lowest BCUT2D eigenvalue weighted by Crippen LogP contribution is -1.96. The van der Waals surface area contributed by atoms with Crippen molar-refractivity contribution in [2.24, 2.45) is 0 Å². The number of aromatic nitrogens is 3. The van der Waals surface area contributed by atoms with Crippen LogP contribution in [-0.4, -0.2) is 38.2 Å². The molecule has 7 heteroatoms. The number of aromatic amines is 1. The molecule has 3 N–H and O–H groups in total. The highest BCUT2D eigenvalue weighted by atomic mass is 16.5. The Morgan fingerprint density at radius 3 is 2.71 bits per heavy atom. The normalized spacial score (nSPS) is 10.9. The van der Waals surface area contributed by atoms with Gasteiger partial charge in [-0.15, -0.1) is 0 Å². The number of hydrogen-bond acceptors (Lipinski definition) is 5. The third-order valence-corrected chi connectivity index (χ3v) is 4.56. The number of imidazole rings is 1. The number of carboxylic acid groups (broad SMARTS) is 1. The Balaban J connectivity index is 1.87. The second-order valence-corrected chi connectivity index (χ2v) is 6.37. The van der Waals surface area contributed by atoms with Crippen molar-refractivity contribution in [3.63, 3.8) is 0 Å². The SMILES string of the molecule is COc1ncccc1-c1ccc(O)c(-c2nc3cc(C(=O)O)cc(C)c3[nH]2)c1. The van der Waals surface area contributed by atoms with Crippen LogP contribution in [-0.2, 0) is 0 Å². The van der Waals surface area contributed by atoms with Gasteiger partial charge in [-0.05, 0) is 54.4 Å². The Morgan fingerprint density at radius 1 is 1.14 bits per heavy atom. The van der Waals surface area contributed by atoms with Crippen LogP contribution in [0.1, 0.15) is 15.9 Å². The van der Waals surface area contributed by atoms with Gasteiger partial charge in [0.05, 0.1) is 29.3 Å². The van der Waals surface area contributed by atoms with Crippen LogP contribution in [0.25, 0.3) is 33.5 Å². The summed E-state index contributed by atoms with van der Waals surface area (Å²) in [5.74, 6) is -0.0293. The maximum Gasteiger partial charge on any atom is 0.335 e. The molecule has 2 heterocycles. The summed E-state index contributed by atoms with van der Waals surface area (Å²) in [5, 5.41) is 19.7. The fourth-order valence-corrected chi connectivity index (χ4v) is 3.20. The van der Waals surface area contributed by atoms with Gasteiger partial charge in [0.25, 0.3) is 0 Å². The minimum Gasteiger partial charge on any atom is -0.507 e. The number of methoxy groups -OCH3 is 1. The number of pyridine rings is 1. The molecule has 2 aromatic carbocycles. The monoisotopic (exact) mass is 375 g/mol. The molecule has 4 aromatic rings. The van der Waals surface area contributed by atoms with Gasteiger partial charge >= 0.3 is 5.97 Å². The fraction of sp³-hybridized carbons (Fsp3) is 0.0952. The minimum atomic E-state index is -1.01. The molecule has 0 fully saturated rings. The molecule has 0 amide bonds. The molecular weight excluding hydrogens is 358 g/mol. The van der Waals surface area contributed by atoms with Crippen molar-refractivity contribution in [1.82, 2.24) is 15.0 Å². The molecule has 0 saturated heterocycles. The third-order valence-electron chi connectivity index (χ3n) is 4.56. The highest BCUT2D eigenvalue weighted by Crippen LogP contribution is 2.36. The average molecular weight is 375 g/mol. The van der Waals surface area contributed by atoms with Crippen molar-refractivity contribution < 1.29 is 19.7 Å². The molecule has 2 aromatic heterocycles. The number of aryl methyl sites for hydroxylation is 1. The number of phenols is 1. The van der Waals surface area contributed by atoms with E-state index in [9.17, 15) is 15.0 Å². The zero-order chi connectivity index (χ0) is 19.8. The van der Waals surface area contributed by atoms with E-state index >= 15 is 0 Å². The molecule has 7 nitrogen and oxygen atoms in total. The molecule has 0 atom stereocenters. The van der Waals surface area contributed by atoms with Crippen molar-refractivity contribution in [2.45, 2.75) is 6.92 Å². The molecule has 0 aliphatic heterocycles. The summed E-state index contributed by atoms with van der Waals surface area (Å²) in [6.45, 7) is 1.81. The summed E-state index contributed by atoms with van der Waals surface area (Å²) >= 11 is 0.